The summed E-state index contributed by atoms with van der Waals surface area (Å²) >= 11 is 5.66. The lowest BCUT2D eigenvalue weighted by Gasteiger charge is -2.27. The summed E-state index contributed by atoms with van der Waals surface area (Å²) in [5, 5.41) is 4.27. The van der Waals surface area contributed by atoms with Gasteiger partial charge in [0.15, 0.2) is 5.11 Å². The maximum Gasteiger partial charge on any atom is 0.170 e. The molecule has 5 nitrogen and oxygen atoms in total. The van der Waals surface area contributed by atoms with Crippen molar-refractivity contribution in [1.29, 1.82) is 0 Å². The molecule has 4 rings (SSSR count). The molecule has 1 saturated heterocycles. The maximum absolute atomic E-state index is 5.66. The Hall–Kier alpha value is -1.92. The van der Waals surface area contributed by atoms with Crippen LogP contribution in [0.15, 0.2) is 42.9 Å². The Kier molecular flexibility index (Phi) is 5.74. The van der Waals surface area contributed by atoms with Crippen LogP contribution in [0.4, 0.5) is 0 Å². The Morgan fingerprint density at radius 3 is 2.81 bits per heavy atom. The van der Waals surface area contributed by atoms with E-state index in [1.165, 1.54) is 37.7 Å². The van der Waals surface area contributed by atoms with Crippen molar-refractivity contribution in [1.82, 2.24) is 19.8 Å². The lowest BCUT2D eigenvalue weighted by molar-refractivity contribution is 0.164. The van der Waals surface area contributed by atoms with Gasteiger partial charge in [0.2, 0.25) is 0 Å². The topological polar surface area (TPSA) is 42.3 Å². The minimum atomic E-state index is 0.0535. The molecule has 1 aliphatic heterocycles. The van der Waals surface area contributed by atoms with Gasteiger partial charge in [-0.2, -0.15) is 0 Å². The molecule has 27 heavy (non-hydrogen) atoms. The summed E-state index contributed by atoms with van der Waals surface area (Å²) in [6.45, 7) is 1.42. The first-order valence-corrected chi connectivity index (χ1v) is 10.3. The van der Waals surface area contributed by atoms with E-state index in [1.807, 2.05) is 18.3 Å². The number of hydrogen-bond acceptors (Lipinski definition) is 3. The highest BCUT2D eigenvalue weighted by Gasteiger charge is 2.40. The van der Waals surface area contributed by atoms with Crippen molar-refractivity contribution < 1.29 is 4.74 Å². The molecular formula is C21H28N4OS. The molecule has 0 aromatic carbocycles. The standard InChI is InChI=1S/C21H28N4OS/c1-26-14-13-25-20(19(23-21(25)27)18-9-5-6-11-22-18)16-10-12-24(15-16)17-7-3-2-4-8-17/h5-6,9-12,15,17,19-20H,2-4,7-8,13-14H2,1H3,(H,23,27)/t19-,20-/m1/s1. The van der Waals surface area contributed by atoms with Gasteiger partial charge >= 0.3 is 0 Å². The SMILES string of the molecule is COCCN1C(=S)N[C@H](c2ccccn2)[C@H]1c1ccn(C2CCCCC2)c1. The summed E-state index contributed by atoms with van der Waals surface area (Å²) in [5.41, 5.74) is 2.31. The highest BCUT2D eigenvalue weighted by molar-refractivity contribution is 7.80. The predicted octanol–water partition coefficient (Wildman–Crippen LogP) is 4.01. The summed E-state index contributed by atoms with van der Waals surface area (Å²) in [4.78, 5) is 6.84. The molecule has 1 aliphatic carbocycles. The normalized spacial score (nSPS) is 23.6. The second-order valence-electron chi connectivity index (χ2n) is 7.50. The molecular weight excluding hydrogens is 356 g/mol. The third kappa shape index (κ3) is 3.87. The van der Waals surface area contributed by atoms with E-state index < -0.39 is 0 Å². The number of aromatic nitrogens is 2. The third-order valence-electron chi connectivity index (χ3n) is 5.81. The van der Waals surface area contributed by atoms with Crippen molar-refractivity contribution in [3.63, 3.8) is 0 Å². The Balaban J connectivity index is 1.64. The zero-order valence-electron chi connectivity index (χ0n) is 15.9. The number of pyridine rings is 1. The molecule has 6 heteroatoms. The van der Waals surface area contributed by atoms with Gasteiger partial charge in [-0.3, -0.25) is 4.98 Å². The van der Waals surface area contributed by atoms with Gasteiger partial charge in [-0.1, -0.05) is 25.3 Å². The van der Waals surface area contributed by atoms with Crippen molar-refractivity contribution >= 4 is 17.3 Å². The molecule has 2 aromatic rings. The average Bonchev–Trinajstić information content (AvgIpc) is 3.32. The first kappa shape index (κ1) is 18.4. The molecule has 0 bridgehead atoms. The number of ether oxygens (including phenoxy) is 1. The molecule has 0 unspecified atom stereocenters. The largest absolute Gasteiger partial charge is 0.383 e. The van der Waals surface area contributed by atoms with Gasteiger partial charge in [-0.15, -0.1) is 0 Å². The van der Waals surface area contributed by atoms with Crippen molar-refractivity contribution in [2.45, 2.75) is 50.2 Å². The lowest BCUT2D eigenvalue weighted by atomic mass is 9.95. The van der Waals surface area contributed by atoms with Gasteiger partial charge in [-0.25, -0.2) is 0 Å². The van der Waals surface area contributed by atoms with E-state index in [-0.39, 0.29) is 12.1 Å². The molecule has 1 N–H and O–H groups in total. The van der Waals surface area contributed by atoms with E-state index in [4.69, 9.17) is 17.0 Å². The van der Waals surface area contributed by atoms with Crippen LogP contribution in [0.5, 0.6) is 0 Å². The first-order chi connectivity index (χ1) is 13.3. The fraction of sp³-hybridized carbons (Fsp3) is 0.524. The zero-order chi connectivity index (χ0) is 18.6. The van der Waals surface area contributed by atoms with Crippen LogP contribution < -0.4 is 5.32 Å². The smallest absolute Gasteiger partial charge is 0.170 e. The van der Waals surface area contributed by atoms with Crippen LogP contribution in [0.25, 0.3) is 0 Å². The van der Waals surface area contributed by atoms with Crippen molar-refractivity contribution in [3.8, 4) is 0 Å². The number of hydrogen-bond donors (Lipinski definition) is 1. The van der Waals surface area contributed by atoms with E-state index >= 15 is 0 Å². The summed E-state index contributed by atoms with van der Waals surface area (Å²) in [6.07, 6.45) is 13.0. The van der Waals surface area contributed by atoms with Gasteiger partial charge in [0.05, 0.1) is 24.4 Å². The van der Waals surface area contributed by atoms with Gasteiger partial charge in [-0.05, 0) is 48.8 Å². The molecule has 2 atom stereocenters. The molecule has 3 heterocycles. The summed E-state index contributed by atoms with van der Waals surface area (Å²) < 4.78 is 7.74. The van der Waals surface area contributed by atoms with Crippen molar-refractivity contribution in [2.75, 3.05) is 20.3 Å². The van der Waals surface area contributed by atoms with Crippen LogP contribution in [0.3, 0.4) is 0 Å². The Morgan fingerprint density at radius 1 is 1.22 bits per heavy atom. The molecule has 0 amide bonds. The van der Waals surface area contributed by atoms with Crippen LogP contribution in [0.1, 0.15) is 61.5 Å². The monoisotopic (exact) mass is 384 g/mol. The number of nitrogens with zero attached hydrogens (tertiary/aromatic N) is 3. The maximum atomic E-state index is 5.66. The molecule has 2 aromatic heterocycles. The minimum Gasteiger partial charge on any atom is -0.383 e. The highest BCUT2D eigenvalue weighted by atomic mass is 32.1. The quantitative estimate of drug-likeness (QED) is 0.763. The fourth-order valence-corrected chi connectivity index (χ4v) is 4.74. The molecule has 2 fully saturated rings. The summed E-state index contributed by atoms with van der Waals surface area (Å²) in [7, 11) is 1.73. The minimum absolute atomic E-state index is 0.0535. The van der Waals surface area contributed by atoms with E-state index in [9.17, 15) is 0 Å². The van der Waals surface area contributed by atoms with Crippen molar-refractivity contribution in [3.05, 3.63) is 54.1 Å². The molecule has 0 spiro atoms. The van der Waals surface area contributed by atoms with E-state index in [0.717, 1.165) is 17.4 Å². The van der Waals surface area contributed by atoms with Gasteiger partial charge < -0.3 is 19.5 Å². The summed E-state index contributed by atoms with van der Waals surface area (Å²) in [6, 6.07) is 9.14. The van der Waals surface area contributed by atoms with Crippen LogP contribution >= 0.6 is 12.2 Å². The summed E-state index contributed by atoms with van der Waals surface area (Å²) in [5.74, 6) is 0. The Morgan fingerprint density at radius 2 is 2.07 bits per heavy atom. The first-order valence-electron chi connectivity index (χ1n) is 9.92. The number of methoxy groups -OCH3 is 1. The second kappa shape index (κ2) is 8.40. The highest BCUT2D eigenvalue weighted by Crippen LogP contribution is 2.39. The second-order valence-corrected chi connectivity index (χ2v) is 7.88. The fourth-order valence-electron chi connectivity index (χ4n) is 4.41. The number of nitrogens with one attached hydrogen (secondary N) is 1. The van der Waals surface area contributed by atoms with E-state index in [0.29, 0.717) is 12.6 Å². The predicted molar refractivity (Wildman–Crippen MR) is 111 cm³/mol. The molecule has 0 radical (unpaired) electrons. The lowest BCUT2D eigenvalue weighted by Crippen LogP contribution is -2.32. The third-order valence-corrected chi connectivity index (χ3v) is 6.16. The van der Waals surface area contributed by atoms with Crippen LogP contribution in [0, 0.1) is 0 Å². The molecule has 2 aliphatic rings. The van der Waals surface area contributed by atoms with E-state index in [2.05, 4.69) is 44.3 Å². The Labute approximate surface area is 166 Å². The zero-order valence-corrected chi connectivity index (χ0v) is 16.7. The van der Waals surface area contributed by atoms with Crippen LogP contribution in [0.2, 0.25) is 0 Å². The van der Waals surface area contributed by atoms with Crippen LogP contribution in [-0.2, 0) is 4.74 Å². The number of rotatable bonds is 6. The molecule has 1 saturated carbocycles. The molecule has 144 valence electrons. The van der Waals surface area contributed by atoms with Gasteiger partial charge in [0.1, 0.15) is 0 Å². The number of thiocarbonyl (C=S) groups is 1. The van der Waals surface area contributed by atoms with Gasteiger partial charge in [0, 0.05) is 38.3 Å². The Bertz CT molecular complexity index is 757. The van der Waals surface area contributed by atoms with Crippen molar-refractivity contribution in [2.24, 2.45) is 0 Å². The van der Waals surface area contributed by atoms with Gasteiger partial charge in [0.25, 0.3) is 0 Å². The van der Waals surface area contributed by atoms with Crippen LogP contribution in [-0.4, -0.2) is 39.8 Å². The van der Waals surface area contributed by atoms with E-state index in [1.54, 1.807) is 7.11 Å². The average molecular weight is 385 g/mol.